The zero-order valence-electron chi connectivity index (χ0n) is 11.0. The Morgan fingerprint density at radius 3 is 2.50 bits per heavy atom. The van der Waals surface area contributed by atoms with Gasteiger partial charge in [0.15, 0.2) is 0 Å². The molecule has 0 spiro atoms. The summed E-state index contributed by atoms with van der Waals surface area (Å²) in [5.41, 5.74) is -0.0121. The van der Waals surface area contributed by atoms with Gasteiger partial charge in [-0.3, -0.25) is 10.1 Å². The first-order valence-corrected chi connectivity index (χ1v) is 6.79. The van der Waals surface area contributed by atoms with E-state index >= 15 is 0 Å². The van der Waals surface area contributed by atoms with Crippen molar-refractivity contribution in [2.75, 3.05) is 0 Å². The van der Waals surface area contributed by atoms with Crippen LogP contribution in [-0.2, 0) is 4.79 Å². The maximum Gasteiger partial charge on any atom is 0.336 e. The smallest absolute Gasteiger partial charge is 0.336 e. The quantitative estimate of drug-likeness (QED) is 0.384. The summed E-state index contributed by atoms with van der Waals surface area (Å²) in [7, 11) is 0. The van der Waals surface area contributed by atoms with Gasteiger partial charge in [0, 0.05) is 21.7 Å². The van der Waals surface area contributed by atoms with E-state index in [1.54, 1.807) is 6.07 Å². The van der Waals surface area contributed by atoms with Crippen LogP contribution in [0.15, 0.2) is 42.5 Å². The number of rotatable bonds is 4. The summed E-state index contributed by atoms with van der Waals surface area (Å²) in [5.74, 6) is -1.26. The normalized spacial score (nSPS) is 11.3. The van der Waals surface area contributed by atoms with E-state index < -0.39 is 10.9 Å². The summed E-state index contributed by atoms with van der Waals surface area (Å²) in [6.45, 7) is 0. The molecule has 0 saturated heterocycles. The minimum atomic E-state index is -1.26. The molecule has 0 atom stereocenters. The third-order valence-corrected chi connectivity index (χ3v) is 3.45. The Kier molecular flexibility index (Phi) is 4.80. The van der Waals surface area contributed by atoms with Gasteiger partial charge in [0.2, 0.25) is 0 Å². The first-order chi connectivity index (χ1) is 10.4. The molecule has 7 heteroatoms. The van der Waals surface area contributed by atoms with Crippen molar-refractivity contribution in [1.82, 2.24) is 0 Å². The fourth-order valence-electron chi connectivity index (χ4n) is 1.89. The molecule has 0 aliphatic carbocycles. The minimum absolute atomic E-state index is 0.168. The first kappa shape index (κ1) is 16.0. The van der Waals surface area contributed by atoms with Crippen LogP contribution in [0.4, 0.5) is 5.69 Å². The number of halogens is 2. The highest BCUT2D eigenvalue weighted by Gasteiger charge is 2.18. The number of benzene rings is 2. The van der Waals surface area contributed by atoms with Gasteiger partial charge in [0.25, 0.3) is 5.69 Å². The van der Waals surface area contributed by atoms with Crippen molar-refractivity contribution in [3.63, 3.8) is 0 Å². The van der Waals surface area contributed by atoms with Gasteiger partial charge in [-0.2, -0.15) is 0 Å². The summed E-state index contributed by atoms with van der Waals surface area (Å²) >= 11 is 11.9. The van der Waals surface area contributed by atoms with E-state index in [9.17, 15) is 20.0 Å². The SMILES string of the molecule is O=C(O)/C(=C\c1ccccc1[N+](=O)[O-])c1cc(Cl)ccc1Cl. The lowest BCUT2D eigenvalue weighted by Crippen LogP contribution is -2.01. The largest absolute Gasteiger partial charge is 0.478 e. The number of nitro groups is 1. The minimum Gasteiger partial charge on any atom is -0.478 e. The van der Waals surface area contributed by atoms with Crippen molar-refractivity contribution in [3.05, 3.63) is 73.8 Å². The summed E-state index contributed by atoms with van der Waals surface area (Å²) in [4.78, 5) is 21.9. The molecule has 112 valence electrons. The predicted molar refractivity (Wildman–Crippen MR) is 85.1 cm³/mol. The molecule has 2 aromatic carbocycles. The van der Waals surface area contributed by atoms with Crippen LogP contribution in [0.25, 0.3) is 11.6 Å². The Labute approximate surface area is 135 Å². The van der Waals surface area contributed by atoms with Crippen LogP contribution in [0.5, 0.6) is 0 Å². The molecule has 2 aromatic rings. The van der Waals surface area contributed by atoms with E-state index in [0.29, 0.717) is 5.02 Å². The molecule has 0 amide bonds. The lowest BCUT2D eigenvalue weighted by atomic mass is 10.0. The van der Waals surface area contributed by atoms with Crippen molar-refractivity contribution in [2.45, 2.75) is 0 Å². The van der Waals surface area contributed by atoms with Crippen LogP contribution < -0.4 is 0 Å². The molecule has 22 heavy (non-hydrogen) atoms. The molecule has 0 unspecified atom stereocenters. The maximum absolute atomic E-state index is 11.5. The third kappa shape index (κ3) is 3.44. The highest BCUT2D eigenvalue weighted by Crippen LogP contribution is 2.30. The first-order valence-electron chi connectivity index (χ1n) is 6.04. The summed E-state index contributed by atoms with van der Waals surface area (Å²) in [6, 6.07) is 10.2. The maximum atomic E-state index is 11.5. The fraction of sp³-hybridized carbons (Fsp3) is 0. The van der Waals surface area contributed by atoms with Crippen LogP contribution in [0, 0.1) is 10.1 Å². The standard InChI is InChI=1S/C15H9Cl2NO4/c16-10-5-6-13(17)11(8-10)12(15(19)20)7-9-3-1-2-4-14(9)18(21)22/h1-8H,(H,19,20)/b12-7-. The Hall–Kier alpha value is -2.37. The molecule has 0 aliphatic heterocycles. The average molecular weight is 338 g/mol. The number of aliphatic carboxylic acids is 1. The zero-order chi connectivity index (χ0) is 16.3. The second-order valence-corrected chi connectivity index (χ2v) is 5.15. The van der Waals surface area contributed by atoms with Gasteiger partial charge < -0.3 is 5.11 Å². The monoisotopic (exact) mass is 337 g/mol. The number of carbonyl (C=O) groups is 1. The average Bonchev–Trinajstić information content (AvgIpc) is 2.47. The lowest BCUT2D eigenvalue weighted by molar-refractivity contribution is -0.385. The Balaban J connectivity index is 2.66. The molecule has 0 bridgehead atoms. The lowest BCUT2D eigenvalue weighted by Gasteiger charge is -2.07. The zero-order valence-corrected chi connectivity index (χ0v) is 12.5. The van der Waals surface area contributed by atoms with Crippen LogP contribution in [-0.4, -0.2) is 16.0 Å². The second-order valence-electron chi connectivity index (χ2n) is 4.30. The van der Waals surface area contributed by atoms with Crippen molar-refractivity contribution in [3.8, 4) is 0 Å². The molecule has 0 fully saturated rings. The number of carboxylic acids is 1. The fourth-order valence-corrected chi connectivity index (χ4v) is 2.28. The number of nitrogens with zero attached hydrogens (tertiary/aromatic N) is 1. The Morgan fingerprint density at radius 2 is 1.86 bits per heavy atom. The molecule has 0 saturated carbocycles. The summed E-state index contributed by atoms with van der Waals surface area (Å²) in [6.07, 6.45) is 1.21. The molecule has 0 heterocycles. The van der Waals surface area contributed by atoms with Gasteiger partial charge in [-0.25, -0.2) is 4.79 Å². The van der Waals surface area contributed by atoms with Crippen molar-refractivity contribution in [1.29, 1.82) is 0 Å². The van der Waals surface area contributed by atoms with E-state index in [1.165, 1.54) is 42.5 Å². The number of carboxylic acid groups (broad SMARTS) is 1. The van der Waals surface area contributed by atoms with Gasteiger partial charge in [-0.1, -0.05) is 35.3 Å². The number of para-hydroxylation sites is 1. The molecular weight excluding hydrogens is 329 g/mol. The van der Waals surface area contributed by atoms with Crippen molar-refractivity contribution < 1.29 is 14.8 Å². The predicted octanol–water partition coefficient (Wildman–Crippen LogP) is 4.53. The number of hydrogen-bond acceptors (Lipinski definition) is 3. The van der Waals surface area contributed by atoms with Crippen LogP contribution in [0.1, 0.15) is 11.1 Å². The molecule has 2 rings (SSSR count). The van der Waals surface area contributed by atoms with Gasteiger partial charge in [-0.15, -0.1) is 0 Å². The van der Waals surface area contributed by atoms with E-state index in [-0.39, 0.29) is 27.4 Å². The van der Waals surface area contributed by atoms with Gasteiger partial charge in [0.1, 0.15) is 0 Å². The topological polar surface area (TPSA) is 80.4 Å². The van der Waals surface area contributed by atoms with Crippen molar-refractivity contribution in [2.24, 2.45) is 0 Å². The highest BCUT2D eigenvalue weighted by atomic mass is 35.5. The number of nitro benzene ring substituents is 1. The summed E-state index contributed by atoms with van der Waals surface area (Å²) < 4.78 is 0. The highest BCUT2D eigenvalue weighted by molar-refractivity contribution is 6.37. The van der Waals surface area contributed by atoms with Crippen LogP contribution >= 0.6 is 23.2 Å². The van der Waals surface area contributed by atoms with Gasteiger partial charge in [-0.05, 0) is 30.3 Å². The van der Waals surface area contributed by atoms with E-state index in [2.05, 4.69) is 0 Å². The molecule has 5 nitrogen and oxygen atoms in total. The van der Waals surface area contributed by atoms with Crippen molar-refractivity contribution >= 4 is 46.5 Å². The molecule has 1 N–H and O–H groups in total. The van der Waals surface area contributed by atoms with Gasteiger partial charge >= 0.3 is 5.97 Å². The van der Waals surface area contributed by atoms with E-state index in [1.807, 2.05) is 0 Å². The third-order valence-electron chi connectivity index (χ3n) is 2.88. The van der Waals surface area contributed by atoms with Crippen LogP contribution in [0.2, 0.25) is 10.0 Å². The second kappa shape index (κ2) is 6.60. The Bertz CT molecular complexity index is 787. The van der Waals surface area contributed by atoms with Gasteiger partial charge in [0.05, 0.1) is 16.1 Å². The molecular formula is C15H9Cl2NO4. The molecule has 0 radical (unpaired) electrons. The molecule has 0 aliphatic rings. The van der Waals surface area contributed by atoms with E-state index in [4.69, 9.17) is 23.2 Å². The summed E-state index contributed by atoms with van der Waals surface area (Å²) in [5, 5.41) is 20.9. The Morgan fingerprint density at radius 1 is 1.18 bits per heavy atom. The molecule has 0 aromatic heterocycles. The van der Waals surface area contributed by atoms with Crippen LogP contribution in [0.3, 0.4) is 0 Å². The number of hydrogen-bond donors (Lipinski definition) is 1. The van der Waals surface area contributed by atoms with E-state index in [0.717, 1.165) is 0 Å².